The summed E-state index contributed by atoms with van der Waals surface area (Å²) in [5.74, 6) is 0.484. The Morgan fingerprint density at radius 1 is 1.27 bits per heavy atom. The highest BCUT2D eigenvalue weighted by molar-refractivity contribution is 7.16. The maximum atomic E-state index is 12.6. The largest absolute Gasteiger partial charge is 0.417 e. The maximum Gasteiger partial charge on any atom is 0.417 e. The molecule has 1 N–H and O–H groups in total. The van der Waals surface area contributed by atoms with E-state index in [4.69, 9.17) is 0 Å². The van der Waals surface area contributed by atoms with Gasteiger partial charge in [-0.3, -0.25) is 4.79 Å². The van der Waals surface area contributed by atoms with Crippen molar-refractivity contribution in [1.82, 2.24) is 15.0 Å². The van der Waals surface area contributed by atoms with Crippen LogP contribution >= 0.6 is 22.7 Å². The van der Waals surface area contributed by atoms with Gasteiger partial charge in [0.05, 0.1) is 26.8 Å². The summed E-state index contributed by atoms with van der Waals surface area (Å²) in [4.78, 5) is 27.9. The molecular weight excluding hydrogens is 435 g/mol. The van der Waals surface area contributed by atoms with E-state index in [2.05, 4.69) is 20.3 Å². The fourth-order valence-corrected chi connectivity index (χ4v) is 4.94. The number of hydrogen-bond donors (Lipinski definition) is 1. The predicted molar refractivity (Wildman–Crippen MR) is 111 cm³/mol. The predicted octanol–water partition coefficient (Wildman–Crippen LogP) is 4.76. The normalized spacial score (nSPS) is 14.6. The number of rotatable bonds is 5. The molecule has 0 aliphatic carbocycles. The van der Waals surface area contributed by atoms with E-state index < -0.39 is 11.7 Å². The number of amides is 1. The van der Waals surface area contributed by atoms with Gasteiger partial charge in [-0.15, -0.1) is 22.7 Å². The van der Waals surface area contributed by atoms with Gasteiger partial charge in [-0.25, -0.2) is 15.0 Å². The average molecular weight is 454 g/mol. The third-order valence-electron chi connectivity index (χ3n) is 4.72. The molecule has 1 amide bonds. The molecule has 1 fully saturated rings. The van der Waals surface area contributed by atoms with Crippen LogP contribution < -0.4 is 10.2 Å². The average Bonchev–Trinajstić information content (AvgIpc) is 3.22. The maximum absolute atomic E-state index is 12.6. The van der Waals surface area contributed by atoms with Crippen LogP contribution in [0.1, 0.15) is 22.7 Å². The van der Waals surface area contributed by atoms with Crippen molar-refractivity contribution in [1.29, 1.82) is 0 Å². The SMILES string of the molecule is Cc1nc(C)c(-c2csc(NC(=O)CC3CN(c4ccc(C(F)(F)F)cn4)C3)n2)s1. The third kappa shape index (κ3) is 4.46. The molecule has 0 radical (unpaired) electrons. The lowest BCUT2D eigenvalue weighted by Crippen LogP contribution is -2.48. The summed E-state index contributed by atoms with van der Waals surface area (Å²) in [6, 6.07) is 2.38. The number of thiazole rings is 2. The van der Waals surface area contributed by atoms with E-state index >= 15 is 0 Å². The van der Waals surface area contributed by atoms with Gasteiger partial charge in [-0.05, 0) is 26.0 Å². The fourth-order valence-electron chi connectivity index (χ4n) is 3.26. The number of pyridine rings is 1. The molecule has 0 spiro atoms. The number of anilines is 2. The second-order valence-corrected chi connectivity index (χ2v) is 9.17. The lowest BCUT2D eigenvalue weighted by Gasteiger charge is -2.39. The molecule has 4 heterocycles. The quantitative estimate of drug-likeness (QED) is 0.603. The molecule has 158 valence electrons. The zero-order valence-electron chi connectivity index (χ0n) is 16.2. The van der Waals surface area contributed by atoms with Gasteiger partial charge in [-0.1, -0.05) is 0 Å². The number of alkyl halides is 3. The molecule has 6 nitrogen and oxygen atoms in total. The summed E-state index contributed by atoms with van der Waals surface area (Å²) in [6.45, 7) is 5.03. The first-order valence-corrected chi connectivity index (χ1v) is 10.9. The van der Waals surface area contributed by atoms with Crippen LogP contribution in [-0.4, -0.2) is 33.9 Å². The Morgan fingerprint density at radius 3 is 2.63 bits per heavy atom. The minimum absolute atomic E-state index is 0.125. The van der Waals surface area contributed by atoms with Gasteiger partial charge in [0.2, 0.25) is 5.91 Å². The van der Waals surface area contributed by atoms with Crippen LogP contribution in [0.2, 0.25) is 0 Å². The molecule has 1 aliphatic rings. The molecule has 1 saturated heterocycles. The topological polar surface area (TPSA) is 71.0 Å². The van der Waals surface area contributed by atoms with E-state index in [0.29, 0.717) is 30.5 Å². The zero-order chi connectivity index (χ0) is 21.5. The second kappa shape index (κ2) is 7.95. The second-order valence-electron chi connectivity index (χ2n) is 7.11. The molecule has 1 aliphatic heterocycles. The number of hydrogen-bond acceptors (Lipinski definition) is 7. The Hall–Kier alpha value is -2.53. The lowest BCUT2D eigenvalue weighted by molar-refractivity contribution is -0.137. The number of aromatic nitrogens is 3. The van der Waals surface area contributed by atoms with E-state index in [1.807, 2.05) is 24.1 Å². The molecule has 0 unspecified atom stereocenters. The Labute approximate surface area is 178 Å². The van der Waals surface area contributed by atoms with Crippen LogP contribution in [0.25, 0.3) is 10.6 Å². The minimum Gasteiger partial charge on any atom is -0.356 e. The Kier molecular flexibility index (Phi) is 5.49. The number of carbonyl (C=O) groups is 1. The van der Waals surface area contributed by atoms with Crippen LogP contribution in [-0.2, 0) is 11.0 Å². The third-order valence-corrected chi connectivity index (χ3v) is 6.57. The van der Waals surface area contributed by atoms with Gasteiger partial charge in [0.15, 0.2) is 5.13 Å². The van der Waals surface area contributed by atoms with E-state index in [-0.39, 0.29) is 11.8 Å². The number of nitrogens with zero attached hydrogens (tertiary/aromatic N) is 4. The van der Waals surface area contributed by atoms with Gasteiger partial charge in [0, 0.05) is 37.0 Å². The Balaban J connectivity index is 1.28. The lowest BCUT2D eigenvalue weighted by atomic mass is 9.96. The van der Waals surface area contributed by atoms with Crippen molar-refractivity contribution in [3.05, 3.63) is 40.0 Å². The van der Waals surface area contributed by atoms with E-state index in [0.717, 1.165) is 33.5 Å². The van der Waals surface area contributed by atoms with Crippen LogP contribution in [0.15, 0.2) is 23.7 Å². The van der Waals surface area contributed by atoms with Crippen molar-refractivity contribution < 1.29 is 18.0 Å². The van der Waals surface area contributed by atoms with Crippen molar-refractivity contribution in [2.45, 2.75) is 26.4 Å². The van der Waals surface area contributed by atoms with Crippen LogP contribution in [0.4, 0.5) is 24.1 Å². The first kappa shape index (κ1) is 20.7. The minimum atomic E-state index is -4.39. The van der Waals surface area contributed by atoms with Gasteiger partial charge < -0.3 is 10.2 Å². The summed E-state index contributed by atoms with van der Waals surface area (Å²) in [6.07, 6.45) is -3.24. The number of nitrogens with one attached hydrogen (secondary N) is 1. The molecule has 4 rings (SSSR count). The zero-order valence-corrected chi connectivity index (χ0v) is 17.8. The first-order valence-electron chi connectivity index (χ1n) is 9.17. The summed E-state index contributed by atoms with van der Waals surface area (Å²) in [5, 5.41) is 6.24. The molecule has 0 bridgehead atoms. The van der Waals surface area contributed by atoms with Crippen LogP contribution in [0.5, 0.6) is 0 Å². The van der Waals surface area contributed by atoms with Gasteiger partial charge in [0.1, 0.15) is 5.82 Å². The summed E-state index contributed by atoms with van der Waals surface area (Å²) in [7, 11) is 0. The monoisotopic (exact) mass is 453 g/mol. The molecular formula is C19H18F3N5OS2. The van der Waals surface area contributed by atoms with Crippen molar-refractivity contribution in [2.75, 3.05) is 23.3 Å². The van der Waals surface area contributed by atoms with Crippen LogP contribution in [0, 0.1) is 19.8 Å². The molecule has 0 aromatic carbocycles. The highest BCUT2D eigenvalue weighted by atomic mass is 32.1. The molecule has 0 saturated carbocycles. The summed E-state index contributed by atoms with van der Waals surface area (Å²) >= 11 is 2.94. The molecule has 11 heteroatoms. The highest BCUT2D eigenvalue weighted by Crippen LogP contribution is 2.33. The first-order chi connectivity index (χ1) is 14.2. The summed E-state index contributed by atoms with van der Waals surface area (Å²) < 4.78 is 37.8. The van der Waals surface area contributed by atoms with Gasteiger partial charge in [0.25, 0.3) is 0 Å². The molecule has 3 aromatic heterocycles. The standard InChI is InChI=1S/C19H18F3N5OS2/c1-10-17(30-11(2)24-10)14-9-29-18(25-14)26-16(28)5-12-7-27(8-12)15-4-3-13(6-23-15)19(20,21)22/h3-4,6,9,12H,5,7-8H2,1-2H3,(H,25,26,28). The van der Waals surface area contributed by atoms with Crippen LogP contribution in [0.3, 0.4) is 0 Å². The number of halogens is 3. The molecule has 0 atom stereocenters. The summed E-state index contributed by atoms with van der Waals surface area (Å²) in [5.41, 5.74) is 0.961. The van der Waals surface area contributed by atoms with E-state index in [1.54, 1.807) is 11.3 Å². The molecule has 3 aromatic rings. The smallest absolute Gasteiger partial charge is 0.356 e. The molecule has 30 heavy (non-hydrogen) atoms. The van der Waals surface area contributed by atoms with Gasteiger partial charge in [-0.2, -0.15) is 13.2 Å². The van der Waals surface area contributed by atoms with E-state index in [1.165, 1.54) is 17.4 Å². The number of aryl methyl sites for hydroxylation is 2. The van der Waals surface area contributed by atoms with Crippen molar-refractivity contribution >= 4 is 39.5 Å². The van der Waals surface area contributed by atoms with Crippen molar-refractivity contribution in [3.63, 3.8) is 0 Å². The van der Waals surface area contributed by atoms with Gasteiger partial charge >= 0.3 is 6.18 Å². The van der Waals surface area contributed by atoms with Crippen molar-refractivity contribution in [3.8, 4) is 10.6 Å². The van der Waals surface area contributed by atoms with Crippen molar-refractivity contribution in [2.24, 2.45) is 5.92 Å². The Bertz CT molecular complexity index is 1060. The number of carbonyl (C=O) groups excluding carboxylic acids is 1. The highest BCUT2D eigenvalue weighted by Gasteiger charge is 2.33. The fraction of sp³-hybridized carbons (Fsp3) is 0.368. The van der Waals surface area contributed by atoms with E-state index in [9.17, 15) is 18.0 Å². The Morgan fingerprint density at radius 2 is 2.03 bits per heavy atom.